The summed E-state index contributed by atoms with van der Waals surface area (Å²) in [6.45, 7) is 2.03. The largest absolute Gasteiger partial charge is 0.335 e. The Morgan fingerprint density at radius 3 is 2.29 bits per heavy atom. The molecule has 1 heterocycles. The van der Waals surface area contributed by atoms with E-state index in [1.807, 2.05) is 4.90 Å². The van der Waals surface area contributed by atoms with Crippen LogP contribution in [-0.4, -0.2) is 30.1 Å². The molecule has 2 unspecified atom stereocenters. The molecule has 0 bridgehead atoms. The van der Waals surface area contributed by atoms with Crippen LogP contribution in [0.3, 0.4) is 0 Å². The Balaban J connectivity index is 1.56. The molecule has 0 aromatic rings. The summed E-state index contributed by atoms with van der Waals surface area (Å²) in [5.74, 6) is 1.64. The molecule has 1 aliphatic heterocycles. The van der Waals surface area contributed by atoms with E-state index < -0.39 is 0 Å². The summed E-state index contributed by atoms with van der Waals surface area (Å²) >= 11 is 0. The SMILES string of the molecule is O=C(NC1CC1)N1CC2CCCC2C1. The number of carbonyl (C=O) groups excluding carboxylic acids is 1. The Morgan fingerprint density at radius 2 is 1.71 bits per heavy atom. The summed E-state index contributed by atoms with van der Waals surface area (Å²) in [6, 6.07) is 0.699. The van der Waals surface area contributed by atoms with Gasteiger partial charge in [-0.25, -0.2) is 4.79 Å². The molecule has 3 fully saturated rings. The van der Waals surface area contributed by atoms with Gasteiger partial charge in [0.05, 0.1) is 0 Å². The lowest BCUT2D eigenvalue weighted by atomic mass is 10.0. The van der Waals surface area contributed by atoms with E-state index in [1.165, 1.54) is 32.1 Å². The zero-order chi connectivity index (χ0) is 9.54. The minimum atomic E-state index is 0.196. The molecule has 14 heavy (non-hydrogen) atoms. The van der Waals surface area contributed by atoms with Crippen molar-refractivity contribution < 1.29 is 4.79 Å². The van der Waals surface area contributed by atoms with Crippen LogP contribution >= 0.6 is 0 Å². The van der Waals surface area contributed by atoms with Crippen molar-refractivity contribution in [2.75, 3.05) is 13.1 Å². The van der Waals surface area contributed by atoms with Crippen molar-refractivity contribution >= 4 is 6.03 Å². The fourth-order valence-corrected chi connectivity index (χ4v) is 2.89. The minimum absolute atomic E-state index is 0.196. The molecule has 3 aliphatic rings. The quantitative estimate of drug-likeness (QED) is 0.675. The number of nitrogens with zero attached hydrogens (tertiary/aromatic N) is 1. The highest BCUT2D eigenvalue weighted by molar-refractivity contribution is 5.75. The molecule has 1 saturated heterocycles. The van der Waals surface area contributed by atoms with Gasteiger partial charge in [0.15, 0.2) is 0 Å². The van der Waals surface area contributed by atoms with Crippen molar-refractivity contribution in [3.05, 3.63) is 0 Å². The molecule has 0 aromatic heterocycles. The topological polar surface area (TPSA) is 32.3 Å². The van der Waals surface area contributed by atoms with Crippen LogP contribution in [0.4, 0.5) is 4.79 Å². The molecule has 0 radical (unpaired) electrons. The van der Waals surface area contributed by atoms with E-state index in [4.69, 9.17) is 0 Å². The average Bonchev–Trinajstić information content (AvgIpc) is 2.73. The minimum Gasteiger partial charge on any atom is -0.335 e. The van der Waals surface area contributed by atoms with Crippen molar-refractivity contribution in [2.45, 2.75) is 38.1 Å². The van der Waals surface area contributed by atoms with Gasteiger partial charge in [0.25, 0.3) is 0 Å². The smallest absolute Gasteiger partial charge is 0.317 e. The van der Waals surface area contributed by atoms with Crippen LogP contribution in [-0.2, 0) is 0 Å². The van der Waals surface area contributed by atoms with Crippen LogP contribution in [0.25, 0.3) is 0 Å². The van der Waals surface area contributed by atoms with Gasteiger partial charge in [0.2, 0.25) is 0 Å². The normalized spacial score (nSPS) is 35.9. The van der Waals surface area contributed by atoms with Crippen LogP contribution < -0.4 is 5.32 Å². The number of nitrogens with one attached hydrogen (secondary N) is 1. The highest BCUT2D eigenvalue weighted by Gasteiger charge is 2.38. The van der Waals surface area contributed by atoms with Gasteiger partial charge in [-0.3, -0.25) is 0 Å². The van der Waals surface area contributed by atoms with Crippen molar-refractivity contribution in [3.63, 3.8) is 0 Å². The number of likely N-dealkylation sites (tertiary alicyclic amines) is 1. The summed E-state index contributed by atoms with van der Waals surface area (Å²) in [5.41, 5.74) is 0. The highest BCUT2D eigenvalue weighted by atomic mass is 16.2. The maximum absolute atomic E-state index is 11.7. The Bertz CT molecular complexity index is 238. The highest BCUT2D eigenvalue weighted by Crippen LogP contribution is 2.37. The number of fused-ring (bicyclic) bond motifs is 1. The van der Waals surface area contributed by atoms with E-state index in [-0.39, 0.29) is 6.03 Å². The maximum atomic E-state index is 11.7. The van der Waals surface area contributed by atoms with E-state index in [0.29, 0.717) is 6.04 Å². The lowest BCUT2D eigenvalue weighted by molar-refractivity contribution is 0.204. The van der Waals surface area contributed by atoms with E-state index in [1.54, 1.807) is 0 Å². The van der Waals surface area contributed by atoms with E-state index >= 15 is 0 Å². The fourth-order valence-electron chi connectivity index (χ4n) is 2.89. The molecule has 78 valence electrons. The third-order valence-corrected chi connectivity index (χ3v) is 3.92. The Kier molecular flexibility index (Phi) is 1.92. The van der Waals surface area contributed by atoms with Gasteiger partial charge in [0.1, 0.15) is 0 Å². The van der Waals surface area contributed by atoms with Gasteiger partial charge in [-0.05, 0) is 37.5 Å². The standard InChI is InChI=1S/C11H18N2O/c14-11(12-10-4-5-10)13-6-8-2-1-3-9(8)7-13/h8-10H,1-7H2,(H,12,14). The molecule has 1 N–H and O–H groups in total. The van der Waals surface area contributed by atoms with E-state index in [2.05, 4.69) is 5.32 Å². The number of rotatable bonds is 1. The summed E-state index contributed by atoms with van der Waals surface area (Å²) < 4.78 is 0. The van der Waals surface area contributed by atoms with Gasteiger partial charge in [-0.15, -0.1) is 0 Å². The zero-order valence-electron chi connectivity index (χ0n) is 8.54. The van der Waals surface area contributed by atoms with Gasteiger partial charge in [-0.1, -0.05) is 6.42 Å². The number of carbonyl (C=O) groups is 1. The molecule has 2 saturated carbocycles. The number of urea groups is 1. The third kappa shape index (κ3) is 1.49. The van der Waals surface area contributed by atoms with Crippen LogP contribution in [0, 0.1) is 11.8 Å². The van der Waals surface area contributed by atoms with Crippen LogP contribution in [0.1, 0.15) is 32.1 Å². The van der Waals surface area contributed by atoms with Crippen molar-refractivity contribution in [1.82, 2.24) is 10.2 Å². The second-order valence-corrected chi connectivity index (χ2v) is 5.08. The zero-order valence-corrected chi connectivity index (χ0v) is 8.54. The van der Waals surface area contributed by atoms with Gasteiger partial charge in [-0.2, -0.15) is 0 Å². The summed E-state index contributed by atoms with van der Waals surface area (Å²) in [7, 11) is 0. The lowest BCUT2D eigenvalue weighted by Crippen LogP contribution is -2.39. The molecule has 2 amide bonds. The summed E-state index contributed by atoms with van der Waals surface area (Å²) in [4.78, 5) is 13.8. The van der Waals surface area contributed by atoms with Crippen molar-refractivity contribution in [3.8, 4) is 0 Å². The van der Waals surface area contributed by atoms with Crippen molar-refractivity contribution in [1.29, 1.82) is 0 Å². The molecule has 0 aromatic carbocycles. The Labute approximate surface area is 84.8 Å². The number of amides is 2. The number of hydrogen-bond donors (Lipinski definition) is 1. The summed E-state index contributed by atoms with van der Waals surface area (Å²) in [5, 5.41) is 3.07. The van der Waals surface area contributed by atoms with Crippen LogP contribution in [0.2, 0.25) is 0 Å². The molecule has 2 aliphatic carbocycles. The lowest BCUT2D eigenvalue weighted by Gasteiger charge is -2.17. The fraction of sp³-hybridized carbons (Fsp3) is 0.909. The van der Waals surface area contributed by atoms with Gasteiger partial charge in [0, 0.05) is 19.1 Å². The van der Waals surface area contributed by atoms with Gasteiger partial charge >= 0.3 is 6.03 Å². The predicted molar refractivity (Wildman–Crippen MR) is 54.0 cm³/mol. The van der Waals surface area contributed by atoms with Crippen molar-refractivity contribution in [2.24, 2.45) is 11.8 Å². The van der Waals surface area contributed by atoms with Crippen LogP contribution in [0.15, 0.2) is 0 Å². The molecule has 3 heteroatoms. The van der Waals surface area contributed by atoms with Gasteiger partial charge < -0.3 is 10.2 Å². The first-order chi connectivity index (χ1) is 6.83. The molecular formula is C11H18N2O. The Hall–Kier alpha value is -0.730. The first-order valence-electron chi connectivity index (χ1n) is 5.88. The second-order valence-electron chi connectivity index (χ2n) is 5.08. The molecule has 2 atom stereocenters. The Morgan fingerprint density at radius 1 is 1.07 bits per heavy atom. The third-order valence-electron chi connectivity index (χ3n) is 3.92. The second kappa shape index (κ2) is 3.14. The molecule has 0 spiro atoms. The molecular weight excluding hydrogens is 176 g/mol. The van der Waals surface area contributed by atoms with E-state index in [9.17, 15) is 4.79 Å². The monoisotopic (exact) mass is 194 g/mol. The first-order valence-corrected chi connectivity index (χ1v) is 5.88. The first kappa shape index (κ1) is 8.57. The van der Waals surface area contributed by atoms with E-state index in [0.717, 1.165) is 24.9 Å². The average molecular weight is 194 g/mol. The predicted octanol–water partition coefficient (Wildman–Crippen LogP) is 1.59. The van der Waals surface area contributed by atoms with Crippen LogP contribution in [0.5, 0.6) is 0 Å². The maximum Gasteiger partial charge on any atom is 0.317 e. The summed E-state index contributed by atoms with van der Waals surface area (Å²) in [6.07, 6.45) is 6.45. The molecule has 3 rings (SSSR count). The molecule has 3 nitrogen and oxygen atoms in total. The number of hydrogen-bond acceptors (Lipinski definition) is 1.